The first-order valence-corrected chi connectivity index (χ1v) is 14.7. The average molecular weight is 595 g/mol. The number of aliphatic hydroxyl groups is 1. The molecule has 3 heterocycles. The molecule has 0 aliphatic carbocycles. The Morgan fingerprint density at radius 2 is 1.88 bits per heavy atom. The molecule has 0 radical (unpaired) electrons. The molecule has 220 valence electrons. The molecule has 0 bridgehead atoms. The van der Waals surface area contributed by atoms with Gasteiger partial charge in [-0.05, 0) is 61.6 Å². The van der Waals surface area contributed by atoms with E-state index in [0.717, 1.165) is 23.3 Å². The third-order valence-corrected chi connectivity index (χ3v) is 9.60. The van der Waals surface area contributed by atoms with E-state index in [1.807, 2.05) is 6.92 Å². The molecule has 2 N–H and O–H groups in total. The highest BCUT2D eigenvalue weighted by atomic mass is 32.2. The minimum Gasteiger partial charge on any atom is -0.441 e. The Balaban J connectivity index is 1.22. The molecule has 1 atom stereocenters. The van der Waals surface area contributed by atoms with Gasteiger partial charge < -0.3 is 15.2 Å². The number of cyclic esters (lactones) is 1. The number of halogens is 3. The molecule has 3 aliphatic rings. The van der Waals surface area contributed by atoms with Gasteiger partial charge in [-0.15, -0.1) is 0 Å². The lowest BCUT2D eigenvalue weighted by Crippen LogP contribution is -2.50. The van der Waals surface area contributed by atoms with Gasteiger partial charge in [0.15, 0.2) is 0 Å². The van der Waals surface area contributed by atoms with E-state index in [4.69, 9.17) is 4.74 Å². The lowest BCUT2D eigenvalue weighted by atomic mass is 9.89. The third-order valence-electron chi connectivity index (χ3n) is 7.73. The van der Waals surface area contributed by atoms with Gasteiger partial charge >= 0.3 is 12.3 Å². The van der Waals surface area contributed by atoms with Crippen LogP contribution in [0.2, 0.25) is 0 Å². The molecule has 2 aromatic rings. The molecule has 2 fully saturated rings. The summed E-state index contributed by atoms with van der Waals surface area (Å²) in [6.07, 6.45) is -5.24. The van der Waals surface area contributed by atoms with Crippen LogP contribution in [0.25, 0.3) is 0 Å². The topological polar surface area (TPSA) is 129 Å². The van der Waals surface area contributed by atoms with Crippen molar-refractivity contribution in [1.29, 1.82) is 0 Å². The van der Waals surface area contributed by atoms with E-state index < -0.39 is 45.4 Å². The number of amides is 2. The van der Waals surface area contributed by atoms with Gasteiger partial charge in [-0.25, -0.2) is 17.5 Å². The largest absolute Gasteiger partial charge is 0.441 e. The summed E-state index contributed by atoms with van der Waals surface area (Å²) >= 11 is 0. The zero-order chi connectivity index (χ0) is 29.6. The van der Waals surface area contributed by atoms with Crippen LogP contribution in [0, 0.1) is 6.92 Å². The van der Waals surface area contributed by atoms with E-state index in [0.29, 0.717) is 5.69 Å². The number of aliphatic imine (C=N–C) groups is 1. The fraction of sp³-hybridized carbons (Fsp3) is 0.444. The molecule has 2 aromatic carbocycles. The Bertz CT molecular complexity index is 1500. The number of piperidine rings is 1. The summed E-state index contributed by atoms with van der Waals surface area (Å²) in [7, 11) is -3.68. The normalized spacial score (nSPS) is 21.2. The third kappa shape index (κ3) is 5.81. The maximum atomic E-state index is 13.2. The first-order valence-electron chi connectivity index (χ1n) is 13.1. The molecule has 2 amide bonds. The summed E-state index contributed by atoms with van der Waals surface area (Å²) in [5, 5.41) is 11.8. The zero-order valence-electron chi connectivity index (χ0n) is 22.1. The number of carbonyl (C=O) groups excluding carboxylic acids is 2. The predicted octanol–water partition coefficient (Wildman–Crippen LogP) is 2.61. The van der Waals surface area contributed by atoms with Crippen molar-refractivity contribution in [2.45, 2.75) is 44.0 Å². The Hall–Kier alpha value is -3.49. The number of hydrogen-bond acceptors (Lipinski definition) is 7. The minimum atomic E-state index is -4.54. The second-order valence-electron chi connectivity index (χ2n) is 10.4. The quantitative estimate of drug-likeness (QED) is 0.507. The van der Waals surface area contributed by atoms with Gasteiger partial charge in [-0.3, -0.25) is 14.7 Å². The number of anilines is 1. The number of alkyl halides is 3. The Morgan fingerprint density at radius 1 is 1.15 bits per heavy atom. The van der Waals surface area contributed by atoms with Crippen LogP contribution in [0.3, 0.4) is 0 Å². The van der Waals surface area contributed by atoms with E-state index in [-0.39, 0.29) is 62.7 Å². The predicted molar refractivity (Wildman–Crippen MR) is 143 cm³/mol. The number of sulfonamides is 1. The molecule has 5 rings (SSSR count). The Labute approximate surface area is 234 Å². The molecular formula is C27H29F3N4O6S. The summed E-state index contributed by atoms with van der Waals surface area (Å²) in [6.45, 7) is 1.87. The fourth-order valence-electron chi connectivity index (χ4n) is 5.29. The highest BCUT2D eigenvalue weighted by Gasteiger charge is 2.47. The SMILES string of the molecule is Cc1cc(N2C[C@H](CO)OC2=O)ccc1CCS(=O)(=O)N1CCC2(CC1)N=C(c1cccc(C(F)(F)F)c1)NC2=O. The van der Waals surface area contributed by atoms with E-state index in [1.54, 1.807) is 18.2 Å². The molecule has 14 heteroatoms. The van der Waals surface area contributed by atoms with Gasteiger partial charge in [0, 0.05) is 24.3 Å². The molecule has 3 aliphatic heterocycles. The second-order valence-corrected chi connectivity index (χ2v) is 12.5. The number of aliphatic hydroxyl groups excluding tert-OH is 1. The van der Waals surface area contributed by atoms with Crippen LogP contribution in [0.5, 0.6) is 0 Å². The van der Waals surface area contributed by atoms with Crippen molar-refractivity contribution in [1.82, 2.24) is 9.62 Å². The van der Waals surface area contributed by atoms with Crippen molar-refractivity contribution in [3.8, 4) is 0 Å². The van der Waals surface area contributed by atoms with Crippen LogP contribution < -0.4 is 10.2 Å². The number of amidine groups is 1. The molecule has 1 spiro atoms. The highest BCUT2D eigenvalue weighted by molar-refractivity contribution is 7.89. The maximum Gasteiger partial charge on any atom is 0.416 e. The number of hydrogen-bond donors (Lipinski definition) is 2. The number of aryl methyl sites for hydroxylation is 2. The first-order chi connectivity index (χ1) is 19.3. The van der Waals surface area contributed by atoms with Crippen LogP contribution in [0.15, 0.2) is 47.5 Å². The van der Waals surface area contributed by atoms with Crippen LogP contribution >= 0.6 is 0 Å². The number of benzene rings is 2. The highest BCUT2D eigenvalue weighted by Crippen LogP contribution is 2.34. The molecule has 2 saturated heterocycles. The smallest absolute Gasteiger partial charge is 0.416 e. The van der Waals surface area contributed by atoms with Gasteiger partial charge in [0.1, 0.15) is 17.5 Å². The first kappa shape index (κ1) is 29.0. The summed E-state index contributed by atoms with van der Waals surface area (Å²) < 4.78 is 72.1. The maximum absolute atomic E-state index is 13.2. The lowest BCUT2D eigenvalue weighted by molar-refractivity contribution is -0.137. The van der Waals surface area contributed by atoms with E-state index >= 15 is 0 Å². The average Bonchev–Trinajstić information content (AvgIpc) is 3.47. The summed E-state index contributed by atoms with van der Waals surface area (Å²) in [4.78, 5) is 30.8. The molecular weight excluding hydrogens is 565 g/mol. The van der Waals surface area contributed by atoms with Crippen molar-refractivity contribution < 1.29 is 41.0 Å². The minimum absolute atomic E-state index is 0.0467. The number of nitrogens with one attached hydrogen (secondary N) is 1. The Morgan fingerprint density at radius 3 is 2.51 bits per heavy atom. The molecule has 10 nitrogen and oxygen atoms in total. The van der Waals surface area contributed by atoms with Gasteiger partial charge in [-0.1, -0.05) is 18.2 Å². The van der Waals surface area contributed by atoms with Gasteiger partial charge in [0.05, 0.1) is 24.5 Å². The number of ether oxygens (including phenoxy) is 1. The van der Waals surface area contributed by atoms with Crippen LogP contribution in [-0.2, 0) is 32.2 Å². The fourth-order valence-corrected chi connectivity index (χ4v) is 6.77. The molecule has 0 unspecified atom stereocenters. The van der Waals surface area contributed by atoms with Gasteiger partial charge in [0.2, 0.25) is 10.0 Å². The van der Waals surface area contributed by atoms with Crippen LogP contribution in [0.1, 0.15) is 35.1 Å². The van der Waals surface area contributed by atoms with E-state index in [1.165, 1.54) is 21.3 Å². The van der Waals surface area contributed by atoms with Crippen molar-refractivity contribution in [2.75, 3.05) is 36.9 Å². The lowest BCUT2D eigenvalue weighted by Gasteiger charge is -2.34. The van der Waals surface area contributed by atoms with Crippen molar-refractivity contribution in [3.63, 3.8) is 0 Å². The van der Waals surface area contributed by atoms with Crippen molar-refractivity contribution in [2.24, 2.45) is 4.99 Å². The number of rotatable bonds is 7. The van der Waals surface area contributed by atoms with E-state index in [9.17, 15) is 36.3 Å². The standard InChI is InChI=1S/C27H29F3N4O6S/c1-17-13-21(34-15-22(16-35)40-25(34)37)6-5-18(17)7-12-41(38,39)33-10-8-26(9-11-33)24(36)31-23(32-26)19-3-2-4-20(14-19)27(28,29)30/h2-6,13-14,22,35H,7-12,15-16H2,1H3,(H,31,32,36)/t22-/m1/s1. The Kier molecular flexibility index (Phi) is 7.59. The summed E-state index contributed by atoms with van der Waals surface area (Å²) in [6, 6.07) is 9.78. The summed E-state index contributed by atoms with van der Waals surface area (Å²) in [5.41, 5.74) is 0.241. The zero-order valence-corrected chi connectivity index (χ0v) is 23.0. The molecule has 0 saturated carbocycles. The molecule has 0 aromatic heterocycles. The van der Waals surface area contributed by atoms with Gasteiger partial charge in [0.25, 0.3) is 5.91 Å². The van der Waals surface area contributed by atoms with Crippen LogP contribution in [0.4, 0.5) is 23.7 Å². The monoisotopic (exact) mass is 594 g/mol. The van der Waals surface area contributed by atoms with E-state index in [2.05, 4.69) is 10.3 Å². The van der Waals surface area contributed by atoms with Crippen LogP contribution in [-0.4, -0.2) is 79.3 Å². The van der Waals surface area contributed by atoms with Crippen molar-refractivity contribution in [3.05, 3.63) is 64.7 Å². The van der Waals surface area contributed by atoms with Crippen molar-refractivity contribution >= 4 is 33.5 Å². The summed E-state index contributed by atoms with van der Waals surface area (Å²) in [5.74, 6) is -0.570. The number of nitrogens with zero attached hydrogens (tertiary/aromatic N) is 3. The second kappa shape index (κ2) is 10.7. The molecule has 41 heavy (non-hydrogen) atoms. The number of carbonyl (C=O) groups is 2. The van der Waals surface area contributed by atoms with Gasteiger partial charge in [-0.2, -0.15) is 13.2 Å².